The van der Waals surface area contributed by atoms with E-state index in [1.807, 2.05) is 0 Å². The molecule has 0 atom stereocenters. The van der Waals surface area contributed by atoms with Crippen LogP contribution in [0, 0.1) is 0 Å². The largest absolute Gasteiger partial charge is 0.550 e. The zero-order valence-electron chi connectivity index (χ0n) is 8.44. The summed E-state index contributed by atoms with van der Waals surface area (Å²) in [6, 6.07) is 5.09. The highest BCUT2D eigenvalue weighted by Crippen LogP contribution is 2.32. The van der Waals surface area contributed by atoms with Gasteiger partial charge in [-0.1, -0.05) is 23.2 Å². The second kappa shape index (κ2) is 5.04. The molecule has 1 aromatic carbocycles. The Morgan fingerprint density at radius 3 is 2.82 bits per heavy atom. The summed E-state index contributed by atoms with van der Waals surface area (Å²) in [5.41, 5.74) is 1.21. The van der Waals surface area contributed by atoms with E-state index in [0.717, 1.165) is 5.56 Å². The molecule has 0 aliphatic carbocycles. The summed E-state index contributed by atoms with van der Waals surface area (Å²) in [5.74, 6) is -1.15. The summed E-state index contributed by atoms with van der Waals surface area (Å²) in [4.78, 5) is 14.6. The number of carbonyl (C=O) groups excluding carboxylic acids is 1. The number of carboxylic acid groups (broad SMARTS) is 1. The van der Waals surface area contributed by atoms with Crippen LogP contribution >= 0.6 is 34.5 Å². The maximum absolute atomic E-state index is 10.4. The first-order valence-corrected chi connectivity index (χ1v) is 6.29. The van der Waals surface area contributed by atoms with Gasteiger partial charge >= 0.3 is 0 Å². The zero-order chi connectivity index (χ0) is 12.4. The smallest absolute Gasteiger partial charge is 0.125 e. The van der Waals surface area contributed by atoms with Crippen LogP contribution in [0.3, 0.4) is 0 Å². The number of carbonyl (C=O) groups is 1. The van der Waals surface area contributed by atoms with Gasteiger partial charge in [-0.2, -0.15) is 0 Å². The molecule has 0 unspecified atom stereocenters. The summed E-state index contributed by atoms with van der Waals surface area (Å²) in [5, 5.41) is 13.8. The first-order valence-electron chi connectivity index (χ1n) is 4.66. The summed E-state index contributed by atoms with van der Waals surface area (Å²) in [6.45, 7) is 0. The molecule has 0 bridgehead atoms. The molecule has 1 aromatic heterocycles. The normalized spacial score (nSPS) is 10.5. The zero-order valence-corrected chi connectivity index (χ0v) is 10.8. The van der Waals surface area contributed by atoms with Crippen molar-refractivity contribution in [3.8, 4) is 10.6 Å². The minimum Gasteiger partial charge on any atom is -0.550 e. The van der Waals surface area contributed by atoms with Gasteiger partial charge in [0.15, 0.2) is 0 Å². The van der Waals surface area contributed by atoms with Crippen molar-refractivity contribution in [3.05, 3.63) is 39.3 Å². The molecule has 0 fully saturated rings. The van der Waals surface area contributed by atoms with Gasteiger partial charge in [0.1, 0.15) is 5.01 Å². The van der Waals surface area contributed by atoms with E-state index < -0.39 is 5.97 Å². The van der Waals surface area contributed by atoms with Gasteiger partial charge in [-0.25, -0.2) is 4.98 Å². The second-order valence-corrected chi connectivity index (χ2v) is 5.02. The molecular weight excluding hydrogens is 281 g/mol. The Labute approximate surface area is 112 Å². The monoisotopic (exact) mass is 286 g/mol. The maximum atomic E-state index is 10.4. The molecule has 0 spiro atoms. The van der Waals surface area contributed by atoms with Crippen molar-refractivity contribution in [2.24, 2.45) is 0 Å². The molecule has 2 rings (SSSR count). The Morgan fingerprint density at radius 2 is 2.18 bits per heavy atom. The summed E-state index contributed by atoms with van der Waals surface area (Å²) in [6.07, 6.45) is -0.193. The average Bonchev–Trinajstić information content (AvgIpc) is 2.65. The first-order chi connectivity index (χ1) is 8.06. The van der Waals surface area contributed by atoms with Crippen molar-refractivity contribution < 1.29 is 9.90 Å². The van der Waals surface area contributed by atoms with Crippen LogP contribution in [-0.4, -0.2) is 11.0 Å². The van der Waals surface area contributed by atoms with Gasteiger partial charge in [-0.05, 0) is 18.2 Å². The molecule has 0 N–H and O–H groups in total. The van der Waals surface area contributed by atoms with Crippen LogP contribution in [0.5, 0.6) is 0 Å². The quantitative estimate of drug-likeness (QED) is 0.871. The third-order valence-corrected chi connectivity index (χ3v) is 3.51. The number of nitrogens with zero attached hydrogens (tertiary/aromatic N) is 1. The van der Waals surface area contributed by atoms with Gasteiger partial charge < -0.3 is 9.90 Å². The lowest BCUT2D eigenvalue weighted by Gasteiger charge is -2.00. The molecule has 0 aliphatic heterocycles. The number of hydrogen-bond donors (Lipinski definition) is 0. The van der Waals surface area contributed by atoms with Gasteiger partial charge in [0.05, 0.1) is 10.7 Å². The maximum Gasteiger partial charge on any atom is 0.125 e. The van der Waals surface area contributed by atoms with E-state index in [1.165, 1.54) is 11.3 Å². The van der Waals surface area contributed by atoms with E-state index in [1.54, 1.807) is 23.6 Å². The van der Waals surface area contributed by atoms with Crippen molar-refractivity contribution in [2.75, 3.05) is 0 Å². The molecule has 0 aliphatic rings. The number of halogens is 2. The van der Waals surface area contributed by atoms with E-state index >= 15 is 0 Å². The van der Waals surface area contributed by atoms with Crippen molar-refractivity contribution in [3.63, 3.8) is 0 Å². The van der Waals surface area contributed by atoms with E-state index in [-0.39, 0.29) is 6.42 Å². The standard InChI is InChI=1S/C11H7Cl2NO2S/c12-6-1-2-8(9(13)3-6)11-14-7(5-17-11)4-10(15)16/h1-3,5H,4H2,(H,15,16)/p-1. The lowest BCUT2D eigenvalue weighted by Crippen LogP contribution is -2.24. The van der Waals surface area contributed by atoms with E-state index in [4.69, 9.17) is 23.2 Å². The number of carboxylic acids is 1. The van der Waals surface area contributed by atoms with Crippen LogP contribution in [0.15, 0.2) is 23.6 Å². The Balaban J connectivity index is 2.33. The fourth-order valence-corrected chi connectivity index (χ4v) is 2.74. The van der Waals surface area contributed by atoms with E-state index in [2.05, 4.69) is 4.98 Å². The van der Waals surface area contributed by atoms with Crippen molar-refractivity contribution in [2.45, 2.75) is 6.42 Å². The lowest BCUT2D eigenvalue weighted by atomic mass is 10.2. The highest BCUT2D eigenvalue weighted by Gasteiger charge is 2.09. The van der Waals surface area contributed by atoms with Crippen LogP contribution in [0.4, 0.5) is 0 Å². The SMILES string of the molecule is O=C([O-])Cc1csc(-c2ccc(Cl)cc2Cl)n1. The van der Waals surface area contributed by atoms with Crippen LogP contribution < -0.4 is 5.11 Å². The molecular formula is C11H6Cl2NO2S-. The minimum atomic E-state index is -1.15. The number of aliphatic carboxylic acids is 1. The molecule has 1 heterocycles. The van der Waals surface area contributed by atoms with Crippen LogP contribution in [-0.2, 0) is 11.2 Å². The molecule has 3 nitrogen and oxygen atoms in total. The second-order valence-electron chi connectivity index (χ2n) is 3.32. The number of thiazole rings is 1. The number of hydrogen-bond acceptors (Lipinski definition) is 4. The Kier molecular flexibility index (Phi) is 3.66. The fourth-order valence-electron chi connectivity index (χ4n) is 1.32. The predicted octanol–water partition coefficient (Wildman–Crippen LogP) is 2.41. The van der Waals surface area contributed by atoms with Crippen molar-refractivity contribution in [1.29, 1.82) is 0 Å². The Bertz CT molecular complexity index is 568. The van der Waals surface area contributed by atoms with Crippen LogP contribution in [0.2, 0.25) is 10.0 Å². The van der Waals surface area contributed by atoms with Gasteiger partial charge in [-0.3, -0.25) is 0 Å². The van der Waals surface area contributed by atoms with Gasteiger partial charge in [0, 0.05) is 28.4 Å². The third-order valence-electron chi connectivity index (χ3n) is 2.04. The number of benzene rings is 1. The van der Waals surface area contributed by atoms with E-state index in [0.29, 0.717) is 20.7 Å². The fraction of sp³-hybridized carbons (Fsp3) is 0.0909. The average molecular weight is 287 g/mol. The van der Waals surface area contributed by atoms with Crippen LogP contribution in [0.25, 0.3) is 10.6 Å². The minimum absolute atomic E-state index is 0.193. The third kappa shape index (κ3) is 2.97. The molecule has 0 saturated heterocycles. The topological polar surface area (TPSA) is 53.0 Å². The lowest BCUT2D eigenvalue weighted by molar-refractivity contribution is -0.304. The molecule has 6 heteroatoms. The summed E-state index contributed by atoms with van der Waals surface area (Å²) < 4.78 is 0. The summed E-state index contributed by atoms with van der Waals surface area (Å²) >= 11 is 13.2. The number of rotatable bonds is 3. The highest BCUT2D eigenvalue weighted by atomic mass is 35.5. The summed E-state index contributed by atoms with van der Waals surface area (Å²) in [7, 11) is 0. The Hall–Kier alpha value is -1.10. The van der Waals surface area contributed by atoms with Gasteiger partial charge in [0.2, 0.25) is 0 Å². The predicted molar refractivity (Wildman–Crippen MR) is 66.3 cm³/mol. The van der Waals surface area contributed by atoms with Crippen LogP contribution in [0.1, 0.15) is 5.69 Å². The molecule has 2 aromatic rings. The van der Waals surface area contributed by atoms with E-state index in [9.17, 15) is 9.90 Å². The molecule has 0 amide bonds. The van der Waals surface area contributed by atoms with Gasteiger partial charge in [0.25, 0.3) is 0 Å². The molecule has 17 heavy (non-hydrogen) atoms. The Morgan fingerprint density at radius 1 is 1.41 bits per heavy atom. The van der Waals surface area contributed by atoms with Gasteiger partial charge in [-0.15, -0.1) is 11.3 Å². The molecule has 0 radical (unpaired) electrons. The van der Waals surface area contributed by atoms with Crippen molar-refractivity contribution >= 4 is 40.5 Å². The number of aromatic nitrogens is 1. The highest BCUT2D eigenvalue weighted by molar-refractivity contribution is 7.13. The van der Waals surface area contributed by atoms with Crippen molar-refractivity contribution in [1.82, 2.24) is 4.98 Å². The molecule has 88 valence electrons. The first kappa shape index (κ1) is 12.4. The molecule has 0 saturated carbocycles.